The Labute approximate surface area is 244 Å². The molecule has 1 heterocycles. The van der Waals surface area contributed by atoms with Gasteiger partial charge in [-0.05, 0) is 49.8 Å². The van der Waals surface area contributed by atoms with E-state index in [1.165, 1.54) is 11.8 Å². The van der Waals surface area contributed by atoms with Crippen LogP contribution in [0.4, 0.5) is 18.9 Å². The lowest BCUT2D eigenvalue weighted by Crippen LogP contribution is -2.48. The second kappa shape index (κ2) is 14.5. The van der Waals surface area contributed by atoms with Gasteiger partial charge in [0.05, 0.1) is 23.3 Å². The Morgan fingerprint density at radius 2 is 1.80 bits per heavy atom. The maximum absolute atomic E-state index is 13.6. The first-order chi connectivity index (χ1) is 19.2. The number of hydrogen-bond donors (Lipinski definition) is 2. The maximum Gasteiger partial charge on any atom is 0.501 e. The Hall–Kier alpha value is -1.88. The van der Waals surface area contributed by atoms with Gasteiger partial charge in [0.25, 0.3) is 9.84 Å². The van der Waals surface area contributed by atoms with Gasteiger partial charge in [-0.2, -0.15) is 13.2 Å². The van der Waals surface area contributed by atoms with Crippen molar-refractivity contribution in [2.75, 3.05) is 56.9 Å². The Kier molecular flexibility index (Phi) is 11.9. The minimum absolute atomic E-state index is 0.0306. The highest BCUT2D eigenvalue weighted by atomic mass is 32.2. The molecule has 0 spiro atoms. The van der Waals surface area contributed by atoms with Crippen molar-refractivity contribution in [2.45, 2.75) is 52.6 Å². The van der Waals surface area contributed by atoms with Gasteiger partial charge in [-0.3, -0.25) is 4.90 Å². The number of sulfonamides is 1. The first-order valence-corrected chi connectivity index (χ1v) is 17.2. The molecule has 230 valence electrons. The summed E-state index contributed by atoms with van der Waals surface area (Å²) in [4.78, 5) is 3.54. The second-order valence-corrected chi connectivity index (χ2v) is 14.2. The molecule has 2 unspecified atom stereocenters. The van der Waals surface area contributed by atoms with Gasteiger partial charge in [0.15, 0.2) is 0 Å². The summed E-state index contributed by atoms with van der Waals surface area (Å²) >= 11 is 1.48. The molecular formula is C26H37F3N4O5S3. The number of ether oxygens (including phenoxy) is 1. The molecule has 0 saturated carbocycles. The molecule has 0 aliphatic carbocycles. The van der Waals surface area contributed by atoms with Crippen molar-refractivity contribution in [3.63, 3.8) is 0 Å². The molecule has 1 fully saturated rings. The van der Waals surface area contributed by atoms with Crippen LogP contribution in [-0.2, 0) is 24.6 Å². The summed E-state index contributed by atoms with van der Waals surface area (Å²) in [5.41, 5.74) is -5.97. The number of anilines is 1. The van der Waals surface area contributed by atoms with Crippen LogP contribution in [0.25, 0.3) is 0 Å². The summed E-state index contributed by atoms with van der Waals surface area (Å²) in [7, 11) is -10.3. The summed E-state index contributed by atoms with van der Waals surface area (Å²) in [6, 6.07) is 11.4. The molecule has 3 rings (SSSR count). The maximum atomic E-state index is 13.6. The molecule has 41 heavy (non-hydrogen) atoms. The highest BCUT2D eigenvalue weighted by Gasteiger charge is 2.48. The van der Waals surface area contributed by atoms with Crippen LogP contribution in [-0.4, -0.2) is 95.9 Å². The number of rotatable bonds is 14. The van der Waals surface area contributed by atoms with E-state index in [0.717, 1.165) is 36.7 Å². The van der Waals surface area contributed by atoms with Crippen molar-refractivity contribution < 1.29 is 34.7 Å². The Balaban J connectivity index is 1.85. The fourth-order valence-corrected chi connectivity index (χ4v) is 7.03. The first kappa shape index (κ1) is 33.6. The van der Waals surface area contributed by atoms with Gasteiger partial charge in [-0.25, -0.2) is 22.0 Å². The van der Waals surface area contributed by atoms with Crippen LogP contribution in [0.2, 0.25) is 0 Å². The van der Waals surface area contributed by atoms with Gasteiger partial charge in [0.2, 0.25) is 10.0 Å². The number of hydrogen-bond acceptors (Lipinski definition) is 9. The number of nitrogens with two attached hydrogens (primary N) is 1. The predicted octanol–water partition coefficient (Wildman–Crippen LogP) is 3.63. The molecule has 0 bridgehead atoms. The van der Waals surface area contributed by atoms with Gasteiger partial charge in [0.1, 0.15) is 4.90 Å². The van der Waals surface area contributed by atoms with E-state index in [1.807, 2.05) is 30.3 Å². The van der Waals surface area contributed by atoms with E-state index in [9.17, 15) is 30.0 Å². The highest BCUT2D eigenvalue weighted by molar-refractivity contribution is 7.99. The first-order valence-electron chi connectivity index (χ1n) is 13.2. The number of halogens is 3. The number of thioether (sulfide) groups is 1. The lowest BCUT2D eigenvalue weighted by molar-refractivity contribution is -0.0436. The topological polar surface area (TPSA) is 122 Å². The van der Waals surface area contributed by atoms with E-state index >= 15 is 0 Å². The zero-order valence-corrected chi connectivity index (χ0v) is 25.5. The van der Waals surface area contributed by atoms with Crippen LogP contribution < -0.4 is 10.5 Å². The van der Waals surface area contributed by atoms with Crippen LogP contribution in [0.15, 0.2) is 63.2 Å². The molecule has 2 aromatic carbocycles. The van der Waals surface area contributed by atoms with Crippen LogP contribution in [0.5, 0.6) is 0 Å². The van der Waals surface area contributed by atoms with Gasteiger partial charge in [0, 0.05) is 42.9 Å². The Bertz CT molecular complexity index is 1340. The van der Waals surface area contributed by atoms with Crippen molar-refractivity contribution in [1.82, 2.24) is 9.80 Å². The smallest absolute Gasteiger partial charge is 0.380 e. The number of benzene rings is 2. The van der Waals surface area contributed by atoms with Crippen LogP contribution >= 0.6 is 11.8 Å². The monoisotopic (exact) mass is 638 g/mol. The molecule has 0 aromatic heterocycles. The normalized spacial score (nSPS) is 18.0. The van der Waals surface area contributed by atoms with Crippen molar-refractivity contribution in [3.8, 4) is 0 Å². The summed E-state index contributed by atoms with van der Waals surface area (Å²) in [6.07, 6.45) is 0.517. The van der Waals surface area contributed by atoms with Crippen LogP contribution in [0.3, 0.4) is 0 Å². The molecule has 1 aliphatic heterocycles. The standard InChI is InChI=1S/C26H37F3N4O5S3/c1-3-32(4-2)17-21-18-33(14-15-38-21)13-12-20(19-39-22-8-6-5-7-9-22)31-24-11-10-23(41(30,36)37)16-25(24)40(34,35)26(27,28)29/h5-11,16,20-21,31H,3-4,12-15,17-19H2,1-2H3,(H2,30,36,37). The molecule has 0 radical (unpaired) electrons. The minimum Gasteiger partial charge on any atom is -0.380 e. The van der Waals surface area contributed by atoms with Crippen molar-refractivity contribution >= 4 is 37.3 Å². The number of likely N-dealkylation sites (N-methyl/N-ethyl adjacent to an activating group) is 1. The van der Waals surface area contributed by atoms with E-state index in [0.29, 0.717) is 44.5 Å². The largest absolute Gasteiger partial charge is 0.501 e. The number of nitrogens with one attached hydrogen (secondary N) is 1. The number of alkyl halides is 3. The fourth-order valence-electron chi connectivity index (χ4n) is 4.48. The molecule has 2 atom stereocenters. The predicted molar refractivity (Wildman–Crippen MR) is 154 cm³/mol. The average Bonchev–Trinajstić information content (AvgIpc) is 2.92. The molecule has 2 aromatic rings. The quantitative estimate of drug-likeness (QED) is 0.299. The van der Waals surface area contributed by atoms with Crippen molar-refractivity contribution in [1.29, 1.82) is 0 Å². The van der Waals surface area contributed by atoms with Crippen LogP contribution in [0, 0.1) is 0 Å². The summed E-state index contributed by atoms with van der Waals surface area (Å²) < 4.78 is 95.3. The second-order valence-electron chi connectivity index (χ2n) is 9.69. The van der Waals surface area contributed by atoms with E-state index in [2.05, 4.69) is 29.0 Å². The summed E-state index contributed by atoms with van der Waals surface area (Å²) in [6.45, 7) is 9.35. The zero-order valence-electron chi connectivity index (χ0n) is 23.0. The molecule has 1 saturated heterocycles. The van der Waals surface area contributed by atoms with E-state index in [1.54, 1.807) is 0 Å². The molecular weight excluding hydrogens is 602 g/mol. The van der Waals surface area contributed by atoms with Gasteiger partial charge < -0.3 is 15.0 Å². The number of morpholine rings is 1. The molecule has 1 aliphatic rings. The number of sulfone groups is 1. The van der Waals surface area contributed by atoms with E-state index in [4.69, 9.17) is 9.88 Å². The zero-order chi connectivity index (χ0) is 30.3. The van der Waals surface area contributed by atoms with E-state index in [-0.39, 0.29) is 11.8 Å². The number of nitrogens with zero attached hydrogens (tertiary/aromatic N) is 2. The molecule has 15 heteroatoms. The van der Waals surface area contributed by atoms with Crippen molar-refractivity contribution in [3.05, 3.63) is 48.5 Å². The summed E-state index contributed by atoms with van der Waals surface area (Å²) in [5.74, 6) is 0.416. The number of primary sulfonamides is 1. The SMILES string of the molecule is CCN(CC)CC1CN(CCC(CSc2ccccc2)Nc2ccc(S(N)(=O)=O)cc2S(=O)(=O)C(F)(F)F)CCO1. The Morgan fingerprint density at radius 1 is 1.12 bits per heavy atom. The third-order valence-corrected chi connectivity index (χ3v) is 10.4. The average molecular weight is 639 g/mol. The van der Waals surface area contributed by atoms with Crippen molar-refractivity contribution in [2.24, 2.45) is 5.14 Å². The van der Waals surface area contributed by atoms with Gasteiger partial charge in [-0.15, -0.1) is 11.8 Å². The Morgan fingerprint density at radius 3 is 2.41 bits per heavy atom. The fraction of sp³-hybridized carbons (Fsp3) is 0.538. The third kappa shape index (κ3) is 9.56. The van der Waals surface area contributed by atoms with E-state index < -0.39 is 41.2 Å². The summed E-state index contributed by atoms with van der Waals surface area (Å²) in [5, 5.41) is 8.06. The minimum atomic E-state index is -5.88. The van der Waals surface area contributed by atoms with Gasteiger partial charge in [-0.1, -0.05) is 32.0 Å². The third-order valence-electron chi connectivity index (χ3n) is 6.80. The molecule has 0 amide bonds. The van der Waals surface area contributed by atoms with Crippen LogP contribution in [0.1, 0.15) is 20.3 Å². The lowest BCUT2D eigenvalue weighted by atomic mass is 10.1. The highest BCUT2D eigenvalue weighted by Crippen LogP contribution is 2.36. The molecule has 9 nitrogen and oxygen atoms in total. The lowest BCUT2D eigenvalue weighted by Gasteiger charge is -2.36. The molecule has 3 N–H and O–H groups in total. The van der Waals surface area contributed by atoms with Gasteiger partial charge >= 0.3 is 5.51 Å².